The second kappa shape index (κ2) is 12.7. The Kier molecular flexibility index (Phi) is 14.0. The summed E-state index contributed by atoms with van der Waals surface area (Å²) in [5.74, 6) is 0.434. The van der Waals surface area contributed by atoms with Gasteiger partial charge in [-0.2, -0.15) is 0 Å². The average molecular weight is 297 g/mol. The van der Waals surface area contributed by atoms with Crippen LogP contribution in [0.25, 0.3) is 0 Å². The molecule has 0 fully saturated rings. The van der Waals surface area contributed by atoms with Crippen molar-refractivity contribution in [1.29, 1.82) is 0 Å². The lowest BCUT2D eigenvalue weighted by Crippen LogP contribution is -2.34. The summed E-state index contributed by atoms with van der Waals surface area (Å²) in [5, 5.41) is 2.87. The molecule has 0 aromatic carbocycles. The minimum Gasteiger partial charge on any atom is -0.380 e. The van der Waals surface area contributed by atoms with E-state index in [0.717, 1.165) is 6.42 Å². The lowest BCUT2D eigenvalue weighted by Gasteiger charge is -2.21. The summed E-state index contributed by atoms with van der Waals surface area (Å²) >= 11 is 0. The molecule has 0 aromatic rings. The Morgan fingerprint density at radius 1 is 1.37 bits per heavy atom. The first-order valence-corrected chi connectivity index (χ1v) is 6.66. The van der Waals surface area contributed by atoms with Crippen molar-refractivity contribution in [3.8, 4) is 0 Å². The second-order valence-corrected chi connectivity index (χ2v) is 4.67. The number of rotatable bonds is 10. The van der Waals surface area contributed by atoms with Gasteiger partial charge in [-0.05, 0) is 19.3 Å². The zero-order valence-electron chi connectivity index (χ0n) is 12.5. The van der Waals surface area contributed by atoms with Gasteiger partial charge in [0.15, 0.2) is 0 Å². The van der Waals surface area contributed by atoms with Crippen LogP contribution in [0.15, 0.2) is 0 Å². The molecule has 0 spiro atoms. The first kappa shape index (κ1) is 20.9. The third-order valence-electron chi connectivity index (χ3n) is 2.88. The molecule has 5 nitrogen and oxygen atoms in total. The summed E-state index contributed by atoms with van der Waals surface area (Å²) in [6, 6.07) is 0. The third-order valence-corrected chi connectivity index (χ3v) is 2.88. The minimum absolute atomic E-state index is 0. The maximum atomic E-state index is 11.6. The molecule has 3 N–H and O–H groups in total. The van der Waals surface area contributed by atoms with Crippen molar-refractivity contribution in [1.82, 2.24) is 5.32 Å². The lowest BCUT2D eigenvalue weighted by molar-refractivity contribution is -0.123. The van der Waals surface area contributed by atoms with Crippen molar-refractivity contribution in [3.63, 3.8) is 0 Å². The molecule has 0 aliphatic carbocycles. The van der Waals surface area contributed by atoms with Gasteiger partial charge in [0.05, 0.1) is 18.6 Å². The van der Waals surface area contributed by atoms with Crippen LogP contribution >= 0.6 is 12.4 Å². The van der Waals surface area contributed by atoms with E-state index in [4.69, 9.17) is 15.2 Å². The van der Waals surface area contributed by atoms with Crippen LogP contribution in [-0.2, 0) is 14.3 Å². The summed E-state index contributed by atoms with van der Waals surface area (Å²) in [6.45, 7) is 7.92. The normalized spacial score (nSPS) is 13.8. The van der Waals surface area contributed by atoms with E-state index in [0.29, 0.717) is 32.0 Å². The Morgan fingerprint density at radius 2 is 2.00 bits per heavy atom. The molecule has 0 bridgehead atoms. The van der Waals surface area contributed by atoms with E-state index < -0.39 is 0 Å². The molecule has 6 heteroatoms. The number of halogens is 1. The quantitative estimate of drug-likeness (QED) is 0.638. The minimum atomic E-state index is -0.196. The fourth-order valence-electron chi connectivity index (χ4n) is 1.72. The monoisotopic (exact) mass is 296 g/mol. The zero-order chi connectivity index (χ0) is 14.0. The van der Waals surface area contributed by atoms with E-state index in [-0.39, 0.29) is 30.5 Å². The van der Waals surface area contributed by atoms with Gasteiger partial charge in [-0.15, -0.1) is 12.4 Å². The highest BCUT2D eigenvalue weighted by molar-refractivity contribution is 5.85. The molecule has 0 rings (SSSR count). The molecule has 2 atom stereocenters. The van der Waals surface area contributed by atoms with Crippen LogP contribution in [0.2, 0.25) is 0 Å². The van der Waals surface area contributed by atoms with Crippen LogP contribution in [0.1, 0.15) is 33.6 Å². The van der Waals surface area contributed by atoms with Crippen molar-refractivity contribution in [3.05, 3.63) is 0 Å². The molecule has 0 aliphatic heterocycles. The Hall–Kier alpha value is -0.360. The van der Waals surface area contributed by atoms with Crippen LogP contribution in [0.4, 0.5) is 0 Å². The van der Waals surface area contributed by atoms with Crippen molar-refractivity contribution >= 4 is 18.3 Å². The molecule has 0 heterocycles. The number of hydrogen-bond donors (Lipinski definition) is 2. The summed E-state index contributed by atoms with van der Waals surface area (Å²) in [4.78, 5) is 11.6. The summed E-state index contributed by atoms with van der Waals surface area (Å²) in [6.07, 6.45) is 1.15. The number of nitrogens with one attached hydrogen (secondary N) is 1. The topological polar surface area (TPSA) is 73.6 Å². The molecule has 0 aliphatic rings. The Balaban J connectivity index is 0. The number of carbonyl (C=O) groups is 1. The van der Waals surface area contributed by atoms with Crippen LogP contribution in [0.5, 0.6) is 0 Å². The Bertz CT molecular complexity index is 224. The van der Waals surface area contributed by atoms with E-state index in [1.807, 2.05) is 6.92 Å². The average Bonchev–Trinajstić information content (AvgIpc) is 2.34. The smallest absolute Gasteiger partial charge is 0.222 e. The third kappa shape index (κ3) is 10.1. The molecule has 19 heavy (non-hydrogen) atoms. The highest BCUT2D eigenvalue weighted by Gasteiger charge is 2.14. The fourth-order valence-corrected chi connectivity index (χ4v) is 1.72. The number of carbonyl (C=O) groups excluding carboxylic acids is 1. The van der Waals surface area contributed by atoms with Crippen molar-refractivity contribution < 1.29 is 14.3 Å². The van der Waals surface area contributed by atoms with E-state index in [1.54, 1.807) is 7.11 Å². The predicted octanol–water partition coefficient (Wildman–Crippen LogP) is 1.34. The Morgan fingerprint density at radius 3 is 2.42 bits per heavy atom. The maximum absolute atomic E-state index is 11.6. The molecule has 1 amide bonds. The lowest BCUT2D eigenvalue weighted by atomic mass is 10.0. The van der Waals surface area contributed by atoms with Gasteiger partial charge in [0.2, 0.25) is 5.91 Å². The van der Waals surface area contributed by atoms with Gasteiger partial charge in [0, 0.05) is 26.8 Å². The van der Waals surface area contributed by atoms with Crippen molar-refractivity contribution in [2.75, 3.05) is 26.8 Å². The molecule has 2 unspecified atom stereocenters. The van der Waals surface area contributed by atoms with E-state index in [9.17, 15) is 4.79 Å². The molecule has 0 aromatic heterocycles. The maximum Gasteiger partial charge on any atom is 0.222 e. The van der Waals surface area contributed by atoms with Gasteiger partial charge in [-0.25, -0.2) is 0 Å². The number of amides is 1. The van der Waals surface area contributed by atoms with E-state index in [1.165, 1.54) is 0 Å². The van der Waals surface area contributed by atoms with Crippen LogP contribution in [-0.4, -0.2) is 44.9 Å². The highest BCUT2D eigenvalue weighted by Crippen LogP contribution is 2.10. The van der Waals surface area contributed by atoms with Gasteiger partial charge in [-0.3, -0.25) is 4.79 Å². The number of hydrogen-bond acceptors (Lipinski definition) is 4. The van der Waals surface area contributed by atoms with Gasteiger partial charge in [0.1, 0.15) is 0 Å². The molecular formula is C13H29ClN2O3. The number of methoxy groups -OCH3 is 1. The van der Waals surface area contributed by atoms with Crippen LogP contribution < -0.4 is 11.1 Å². The predicted molar refractivity (Wildman–Crippen MR) is 79.6 cm³/mol. The number of ether oxygens (including phenoxy) is 2. The van der Waals surface area contributed by atoms with E-state index >= 15 is 0 Å². The molecular weight excluding hydrogens is 268 g/mol. The summed E-state index contributed by atoms with van der Waals surface area (Å²) < 4.78 is 10.7. The van der Waals surface area contributed by atoms with E-state index in [2.05, 4.69) is 19.2 Å². The second-order valence-electron chi connectivity index (χ2n) is 4.67. The molecule has 116 valence electrons. The molecule has 0 radical (unpaired) electrons. The van der Waals surface area contributed by atoms with Crippen LogP contribution in [0, 0.1) is 5.92 Å². The largest absolute Gasteiger partial charge is 0.380 e. The van der Waals surface area contributed by atoms with Gasteiger partial charge in [0.25, 0.3) is 0 Å². The number of nitrogens with two attached hydrogens (primary N) is 1. The molecule has 0 saturated heterocycles. The fraction of sp³-hybridized carbons (Fsp3) is 0.923. The highest BCUT2D eigenvalue weighted by atomic mass is 35.5. The van der Waals surface area contributed by atoms with Crippen LogP contribution in [0.3, 0.4) is 0 Å². The molecule has 0 saturated carbocycles. The Labute approximate surface area is 123 Å². The zero-order valence-corrected chi connectivity index (χ0v) is 13.3. The van der Waals surface area contributed by atoms with Crippen molar-refractivity contribution in [2.24, 2.45) is 11.7 Å². The summed E-state index contributed by atoms with van der Waals surface area (Å²) in [5.41, 5.74) is 5.46. The SMILES string of the molecule is CCOC(CCNC(=O)CC(CN)OC)C(C)C.Cl. The first-order chi connectivity index (χ1) is 8.54. The van der Waals surface area contributed by atoms with Crippen molar-refractivity contribution in [2.45, 2.75) is 45.8 Å². The van der Waals surface area contributed by atoms with Gasteiger partial charge < -0.3 is 20.5 Å². The standard InChI is InChI=1S/C13H28N2O3.ClH/c1-5-18-12(10(2)3)6-7-15-13(16)8-11(9-14)17-4;/h10-12H,5-9,14H2,1-4H3,(H,15,16);1H. The van der Waals surface area contributed by atoms with Gasteiger partial charge in [-0.1, -0.05) is 13.8 Å². The first-order valence-electron chi connectivity index (χ1n) is 6.66. The van der Waals surface area contributed by atoms with Gasteiger partial charge >= 0.3 is 0 Å². The summed E-state index contributed by atoms with van der Waals surface area (Å²) in [7, 11) is 1.56.